The Kier molecular flexibility index (Phi) is 3.42. The van der Waals surface area contributed by atoms with Gasteiger partial charge in [-0.05, 0) is 72.3 Å². The van der Waals surface area contributed by atoms with Crippen molar-refractivity contribution < 1.29 is 4.92 Å². The Bertz CT molecular complexity index is 851. The Morgan fingerprint density at radius 2 is 1.84 bits per heavy atom. The Balaban J connectivity index is 1.62. The zero-order valence-electron chi connectivity index (χ0n) is 13.7. The average molecular weight is 399 g/mol. The van der Waals surface area contributed by atoms with Crippen LogP contribution in [-0.4, -0.2) is 4.92 Å². The van der Waals surface area contributed by atoms with Gasteiger partial charge in [0, 0.05) is 22.3 Å². The van der Waals surface area contributed by atoms with Crippen molar-refractivity contribution in [3.8, 4) is 0 Å². The quantitative estimate of drug-likeness (QED) is 0.524. The van der Waals surface area contributed by atoms with Crippen LogP contribution in [0.3, 0.4) is 0 Å². The summed E-state index contributed by atoms with van der Waals surface area (Å²) >= 11 is 3.52. The molecule has 3 aliphatic rings. The van der Waals surface area contributed by atoms with Gasteiger partial charge >= 0.3 is 0 Å². The fourth-order valence-corrected chi connectivity index (χ4v) is 5.85. The van der Waals surface area contributed by atoms with E-state index < -0.39 is 0 Å². The Morgan fingerprint density at radius 3 is 2.60 bits per heavy atom. The molecule has 4 nitrogen and oxygen atoms in total. The topological polar surface area (TPSA) is 55.2 Å². The van der Waals surface area contributed by atoms with Gasteiger partial charge in [-0.3, -0.25) is 10.1 Å². The van der Waals surface area contributed by atoms with Crippen LogP contribution in [0, 0.1) is 27.9 Å². The third kappa shape index (κ3) is 2.32. The lowest BCUT2D eigenvalue weighted by molar-refractivity contribution is -0.384. The van der Waals surface area contributed by atoms with E-state index in [9.17, 15) is 10.1 Å². The maximum Gasteiger partial charge on any atom is 0.269 e. The van der Waals surface area contributed by atoms with Crippen molar-refractivity contribution in [3.63, 3.8) is 0 Å². The highest BCUT2D eigenvalue weighted by molar-refractivity contribution is 9.10. The number of anilines is 1. The summed E-state index contributed by atoms with van der Waals surface area (Å²) in [5.41, 5.74) is 3.77. The number of nitrogens with one attached hydrogen (secondary N) is 1. The van der Waals surface area contributed by atoms with E-state index in [0.29, 0.717) is 23.8 Å². The van der Waals surface area contributed by atoms with Gasteiger partial charge in [0.15, 0.2) is 0 Å². The molecule has 5 rings (SSSR count). The van der Waals surface area contributed by atoms with Gasteiger partial charge in [0.05, 0.1) is 11.0 Å². The average Bonchev–Trinajstić information content (AvgIpc) is 3.23. The van der Waals surface area contributed by atoms with Crippen molar-refractivity contribution in [1.29, 1.82) is 0 Å². The number of fused-ring (bicyclic) bond motifs is 7. The number of hydrogen-bond donors (Lipinski definition) is 1. The first-order valence-corrected chi connectivity index (χ1v) is 9.71. The molecule has 0 saturated heterocycles. The van der Waals surface area contributed by atoms with E-state index >= 15 is 0 Å². The summed E-state index contributed by atoms with van der Waals surface area (Å²) in [6.45, 7) is 0. The third-order valence-electron chi connectivity index (χ3n) is 6.51. The molecule has 2 aromatic carbocycles. The first-order valence-electron chi connectivity index (χ1n) is 8.92. The van der Waals surface area contributed by atoms with E-state index in [4.69, 9.17) is 0 Å². The molecule has 0 radical (unpaired) electrons. The van der Waals surface area contributed by atoms with Crippen molar-refractivity contribution in [2.45, 2.75) is 31.2 Å². The smallest absolute Gasteiger partial charge is 0.269 e. The second-order valence-electron chi connectivity index (χ2n) is 7.64. The molecule has 128 valence electrons. The first-order chi connectivity index (χ1) is 12.1. The van der Waals surface area contributed by atoms with Crippen LogP contribution in [-0.2, 0) is 0 Å². The molecule has 0 amide bonds. The zero-order chi connectivity index (χ0) is 17.1. The zero-order valence-corrected chi connectivity index (χ0v) is 15.3. The van der Waals surface area contributed by atoms with Crippen LogP contribution in [0.4, 0.5) is 11.4 Å². The summed E-state index contributed by atoms with van der Waals surface area (Å²) in [7, 11) is 0. The number of rotatable bonds is 2. The number of halogens is 1. The maximum atomic E-state index is 11.2. The summed E-state index contributed by atoms with van der Waals surface area (Å²) in [4.78, 5) is 11.0. The van der Waals surface area contributed by atoms with Crippen LogP contribution in [0.5, 0.6) is 0 Å². The molecule has 2 saturated carbocycles. The second kappa shape index (κ2) is 5.56. The number of nitrogens with zero attached hydrogens (tertiary/aromatic N) is 1. The molecule has 1 N–H and O–H groups in total. The largest absolute Gasteiger partial charge is 0.378 e. The molecular weight excluding hydrogens is 380 g/mol. The van der Waals surface area contributed by atoms with Gasteiger partial charge < -0.3 is 5.32 Å². The van der Waals surface area contributed by atoms with Crippen LogP contribution < -0.4 is 5.32 Å². The van der Waals surface area contributed by atoms with Crippen molar-refractivity contribution in [1.82, 2.24) is 0 Å². The normalized spacial score (nSPS) is 32.0. The van der Waals surface area contributed by atoms with E-state index in [1.807, 2.05) is 12.1 Å². The SMILES string of the molecule is O=[N+]([O-])c1ccc2c(c1)[C@@H]1[C@H]3CC[C@@H](C3)[C@H]1[C@H](c1ccc(Br)cc1)N2. The maximum absolute atomic E-state index is 11.2. The third-order valence-corrected chi connectivity index (χ3v) is 7.04. The van der Waals surface area contributed by atoms with Gasteiger partial charge in [-0.25, -0.2) is 0 Å². The fraction of sp³-hybridized carbons (Fsp3) is 0.400. The summed E-state index contributed by atoms with van der Waals surface area (Å²) < 4.78 is 1.09. The van der Waals surface area contributed by atoms with Crippen LogP contribution in [0.15, 0.2) is 46.9 Å². The van der Waals surface area contributed by atoms with Crippen LogP contribution >= 0.6 is 15.9 Å². The minimum Gasteiger partial charge on any atom is -0.378 e. The fourth-order valence-electron chi connectivity index (χ4n) is 5.59. The molecule has 2 aliphatic carbocycles. The predicted octanol–water partition coefficient (Wildman–Crippen LogP) is 5.65. The molecule has 1 heterocycles. The van der Waals surface area contributed by atoms with E-state index in [2.05, 4.69) is 45.5 Å². The van der Waals surface area contributed by atoms with Gasteiger partial charge in [0.25, 0.3) is 5.69 Å². The molecule has 5 heteroatoms. The lowest BCUT2D eigenvalue weighted by atomic mass is 9.68. The molecule has 2 fully saturated rings. The van der Waals surface area contributed by atoms with E-state index in [-0.39, 0.29) is 10.6 Å². The van der Waals surface area contributed by atoms with Gasteiger partial charge in [-0.15, -0.1) is 0 Å². The Hall–Kier alpha value is -1.88. The first kappa shape index (κ1) is 15.4. The molecule has 2 aromatic rings. The molecule has 0 aromatic heterocycles. The molecule has 0 unspecified atom stereocenters. The summed E-state index contributed by atoms with van der Waals surface area (Å²) in [5, 5.41) is 15.0. The van der Waals surface area contributed by atoms with Gasteiger partial charge in [0.1, 0.15) is 0 Å². The number of non-ortho nitro benzene ring substituents is 1. The lowest BCUT2D eigenvalue weighted by Crippen LogP contribution is -2.35. The molecule has 25 heavy (non-hydrogen) atoms. The molecule has 0 spiro atoms. The predicted molar refractivity (Wildman–Crippen MR) is 101 cm³/mol. The monoisotopic (exact) mass is 398 g/mol. The van der Waals surface area contributed by atoms with E-state index in [1.165, 1.54) is 30.4 Å². The Labute approximate surface area is 154 Å². The lowest BCUT2D eigenvalue weighted by Gasteiger charge is -2.43. The summed E-state index contributed by atoms with van der Waals surface area (Å²) in [6, 6.07) is 14.2. The molecule has 5 atom stereocenters. The minimum absolute atomic E-state index is 0.212. The van der Waals surface area contributed by atoms with Gasteiger partial charge in [-0.2, -0.15) is 0 Å². The summed E-state index contributed by atoms with van der Waals surface area (Å²) in [5.74, 6) is 2.39. The van der Waals surface area contributed by atoms with Crippen molar-refractivity contribution in [2.24, 2.45) is 17.8 Å². The molecular formula is C20H19BrN2O2. The highest BCUT2D eigenvalue weighted by atomic mass is 79.9. The van der Waals surface area contributed by atoms with Gasteiger partial charge in [-0.1, -0.05) is 28.1 Å². The second-order valence-corrected chi connectivity index (χ2v) is 8.55. The minimum atomic E-state index is -0.274. The highest BCUT2D eigenvalue weighted by Crippen LogP contribution is 2.63. The number of nitro groups is 1. The van der Waals surface area contributed by atoms with Crippen LogP contribution in [0.25, 0.3) is 0 Å². The van der Waals surface area contributed by atoms with Crippen molar-refractivity contribution in [2.75, 3.05) is 5.32 Å². The Morgan fingerprint density at radius 1 is 1.08 bits per heavy atom. The van der Waals surface area contributed by atoms with E-state index in [1.54, 1.807) is 6.07 Å². The summed E-state index contributed by atoms with van der Waals surface area (Å²) in [6.07, 6.45) is 3.83. The van der Waals surface area contributed by atoms with E-state index in [0.717, 1.165) is 16.1 Å². The number of benzene rings is 2. The number of nitro benzene ring substituents is 1. The van der Waals surface area contributed by atoms with Crippen molar-refractivity contribution in [3.05, 3.63) is 68.2 Å². The van der Waals surface area contributed by atoms with Gasteiger partial charge in [0.2, 0.25) is 0 Å². The van der Waals surface area contributed by atoms with Crippen LogP contribution in [0.2, 0.25) is 0 Å². The highest BCUT2D eigenvalue weighted by Gasteiger charge is 2.54. The standard InChI is InChI=1S/C20H19BrN2O2/c21-14-5-3-11(4-6-14)20-19-13-2-1-12(9-13)18(19)16-10-15(23(24)25)7-8-17(16)22-20/h3-8,10,12-13,18-20,22H,1-2,9H2/t12-,13-,18-,19+,20-/m0/s1. The van der Waals surface area contributed by atoms with Crippen molar-refractivity contribution >= 4 is 27.3 Å². The molecule has 1 aliphatic heterocycles. The number of hydrogen-bond acceptors (Lipinski definition) is 3. The molecule has 2 bridgehead atoms. The van der Waals surface area contributed by atoms with Crippen LogP contribution in [0.1, 0.15) is 42.3 Å².